The Morgan fingerprint density at radius 2 is 0.636 bits per heavy atom. The molecule has 14 nitrogen and oxygen atoms in total. The summed E-state index contributed by atoms with van der Waals surface area (Å²) in [6.45, 7) is 62.4. The zero-order chi connectivity index (χ0) is 102. The number of aliphatic hydroxyl groups is 4. The smallest absolute Gasteiger partial charge is 0.222 e. The first kappa shape index (κ1) is 105. The maximum Gasteiger partial charge on any atom is 0.222 e. The van der Waals surface area contributed by atoms with E-state index in [0.29, 0.717) is 63.1 Å². The molecule has 140 heavy (non-hydrogen) atoms. The normalized spacial score (nSPS) is 45.3. The van der Waals surface area contributed by atoms with Gasteiger partial charge in [-0.05, 0) is 421 Å². The minimum atomic E-state index is -2.04. The Hall–Kier alpha value is -7.36. The summed E-state index contributed by atoms with van der Waals surface area (Å²) in [5.41, 5.74) is 18.7. The molecule has 2 amide bonds. The number of hydrogen-bond donors (Lipinski definition) is 6. The molecule has 20 rings (SSSR count). The predicted octanol–water partition coefficient (Wildman–Crippen LogP) is 28.6. The monoisotopic (exact) mass is 1930 g/mol. The molecular formula is C125H179N3O11S. The Kier molecular flexibility index (Phi) is 25.3. The third kappa shape index (κ3) is 15.2. The van der Waals surface area contributed by atoms with Crippen molar-refractivity contribution in [3.8, 4) is 0 Å². The number of aliphatic hydroxyl groups excluding tert-OH is 4. The van der Waals surface area contributed by atoms with Gasteiger partial charge >= 0.3 is 0 Å². The second kappa shape index (κ2) is 33.6. The van der Waals surface area contributed by atoms with E-state index in [2.05, 4.69) is 223 Å². The molecule has 6 N–H and O–H groups in total. The van der Waals surface area contributed by atoms with Crippen molar-refractivity contribution < 1.29 is 53.4 Å². The SMILES string of the molecule is C.C=S(C)(=O)C[C@]1(C)CC[C@]2(C)CC[C@]3(C)C4=CC=C5C(=CC(=O)C(O)=C5C)[C@]4(C)CC[C@@]3(C)[C@@H]2C1.CC1=C(O)C(=O)C=C2C1=CC=C1[C@@]2(C)CC[C@@]2(C)[C@@H]3C[C@](C)(N(C)C)CC[C@]3(C)CC[C@]12C.CC1=C(O)C(=O)C=C2C1=CC=C1[C@@]2(C)CC[C@@]2(C)[C@@H]3C[C@](C)(NC(=O)C(C)C)CC[C@]3(C)CC[C@]12C.CCC(=O)N[C@]1(C)CC[C@]2(C)CC[C@]3(C)C4=CC=C5C(=CC(=O)C(O)=C5C)[C@]4(C)CC[C@@]3(C)[C@@H]2C1. The van der Waals surface area contributed by atoms with Crippen molar-refractivity contribution in [2.45, 2.75) is 397 Å². The van der Waals surface area contributed by atoms with Crippen LogP contribution in [0.15, 0.2) is 185 Å². The summed E-state index contributed by atoms with van der Waals surface area (Å²) < 4.78 is 12.8. The molecule has 0 bridgehead atoms. The molecule has 20 aliphatic carbocycles. The van der Waals surface area contributed by atoms with Crippen LogP contribution in [0.1, 0.15) is 381 Å². The number of nitrogens with one attached hydrogen (secondary N) is 2. The van der Waals surface area contributed by atoms with E-state index in [1.807, 2.05) is 54.7 Å². The fraction of sp³-hybridized carbons (Fsp3) is 0.688. The van der Waals surface area contributed by atoms with Crippen LogP contribution >= 0.6 is 0 Å². The van der Waals surface area contributed by atoms with Crippen LogP contribution in [0.3, 0.4) is 0 Å². The van der Waals surface area contributed by atoms with Crippen molar-refractivity contribution in [2.24, 2.45) is 122 Å². The molecule has 0 spiro atoms. The van der Waals surface area contributed by atoms with E-state index in [1.165, 1.54) is 92.9 Å². The average Bonchev–Trinajstić information content (AvgIpc) is 0.686. The number of nitrogens with zero attached hydrogens (tertiary/aromatic N) is 1. The molecule has 1 unspecified atom stereocenters. The number of rotatable bonds is 7. The minimum Gasteiger partial charge on any atom is -0.504 e. The lowest BCUT2D eigenvalue weighted by Gasteiger charge is -2.70. The maximum absolute atomic E-state index is 12.8. The van der Waals surface area contributed by atoms with Crippen LogP contribution in [-0.4, -0.2) is 113 Å². The zero-order valence-electron chi connectivity index (χ0n) is 91.2. The van der Waals surface area contributed by atoms with E-state index in [4.69, 9.17) is 0 Å². The van der Waals surface area contributed by atoms with E-state index < -0.39 is 9.52 Å². The number of fused-ring (bicyclic) bond motifs is 28. The van der Waals surface area contributed by atoms with E-state index in [1.54, 1.807) is 24.3 Å². The van der Waals surface area contributed by atoms with Gasteiger partial charge in [0.25, 0.3) is 0 Å². The highest BCUT2D eigenvalue weighted by Crippen LogP contribution is 2.82. The molecular weight excluding hydrogens is 1750 g/mol. The Labute approximate surface area is 843 Å². The second-order valence-electron chi connectivity index (χ2n) is 55.4. The van der Waals surface area contributed by atoms with Gasteiger partial charge < -0.3 is 36.0 Å². The first-order valence-corrected chi connectivity index (χ1v) is 56.3. The van der Waals surface area contributed by atoms with Gasteiger partial charge in [-0.25, -0.2) is 0 Å². The van der Waals surface area contributed by atoms with Crippen LogP contribution in [0.2, 0.25) is 0 Å². The Bertz CT molecular complexity index is 6060. The Morgan fingerprint density at radius 3 is 0.907 bits per heavy atom. The van der Waals surface area contributed by atoms with Crippen molar-refractivity contribution in [1.82, 2.24) is 15.5 Å². The zero-order valence-corrected chi connectivity index (χ0v) is 92.1. The summed E-state index contributed by atoms with van der Waals surface area (Å²) in [7, 11) is 2.48. The van der Waals surface area contributed by atoms with Gasteiger partial charge in [-0.3, -0.25) is 33.0 Å². The van der Waals surface area contributed by atoms with Gasteiger partial charge in [0.2, 0.25) is 34.9 Å². The van der Waals surface area contributed by atoms with Crippen molar-refractivity contribution >= 4 is 50.3 Å². The van der Waals surface area contributed by atoms with Crippen LogP contribution in [-0.2, 0) is 38.3 Å². The van der Waals surface area contributed by atoms with Crippen LogP contribution < -0.4 is 10.6 Å². The largest absolute Gasteiger partial charge is 0.504 e. The van der Waals surface area contributed by atoms with Gasteiger partial charge in [-0.1, -0.05) is 217 Å². The van der Waals surface area contributed by atoms with Crippen molar-refractivity contribution in [2.75, 3.05) is 26.1 Å². The van der Waals surface area contributed by atoms with E-state index in [0.717, 1.165) is 165 Å². The van der Waals surface area contributed by atoms with Gasteiger partial charge in [0.15, 0.2) is 23.0 Å². The average molecular weight is 1930 g/mol. The van der Waals surface area contributed by atoms with E-state index >= 15 is 0 Å². The first-order chi connectivity index (χ1) is 64.0. The number of allylic oxidation sites excluding steroid dienone is 28. The van der Waals surface area contributed by atoms with Crippen molar-refractivity contribution in [3.05, 3.63) is 185 Å². The number of carbonyl (C=O) groups is 6. The van der Waals surface area contributed by atoms with Crippen LogP contribution in [0.25, 0.3) is 0 Å². The van der Waals surface area contributed by atoms with Crippen molar-refractivity contribution in [3.63, 3.8) is 0 Å². The molecule has 25 atom stereocenters. The first-order valence-electron chi connectivity index (χ1n) is 54.0. The van der Waals surface area contributed by atoms with Gasteiger partial charge in [-0.2, -0.15) is 0 Å². The number of hydrogen-bond acceptors (Lipinski definition) is 12. The van der Waals surface area contributed by atoms with Gasteiger partial charge in [-0.15, -0.1) is 0 Å². The lowest BCUT2D eigenvalue weighted by atomic mass is 9.34. The van der Waals surface area contributed by atoms with Crippen molar-refractivity contribution in [1.29, 1.82) is 0 Å². The molecule has 0 aromatic rings. The fourth-order valence-electron chi connectivity index (χ4n) is 36.2. The topological polar surface area (TPSA) is 228 Å². The highest BCUT2D eigenvalue weighted by molar-refractivity contribution is 7.99. The summed E-state index contributed by atoms with van der Waals surface area (Å²) >= 11 is 0. The highest BCUT2D eigenvalue weighted by atomic mass is 32.2. The molecule has 0 aromatic carbocycles. The molecule has 12 fully saturated rings. The fourth-order valence-corrected chi connectivity index (χ4v) is 38.0. The second-order valence-corrected chi connectivity index (χ2v) is 58.0. The number of ketones is 4. The van der Waals surface area contributed by atoms with E-state index in [-0.39, 0.29) is 164 Å². The van der Waals surface area contributed by atoms with Crippen LogP contribution in [0.5, 0.6) is 0 Å². The molecule has 0 heterocycles. The summed E-state index contributed by atoms with van der Waals surface area (Å²) in [6.07, 6.45) is 59.3. The molecule has 0 radical (unpaired) electrons. The minimum absolute atomic E-state index is 0. The van der Waals surface area contributed by atoms with Gasteiger partial charge in [0, 0.05) is 84.9 Å². The number of amides is 2. The van der Waals surface area contributed by atoms with Crippen LogP contribution in [0, 0.1) is 122 Å². The van der Waals surface area contributed by atoms with Gasteiger partial charge in [0.1, 0.15) is 0 Å². The predicted molar refractivity (Wildman–Crippen MR) is 572 cm³/mol. The summed E-state index contributed by atoms with van der Waals surface area (Å²) in [5.74, 6) is 5.90. The third-order valence-corrected chi connectivity index (χ3v) is 48.3. The summed E-state index contributed by atoms with van der Waals surface area (Å²) in [5, 5.41) is 48.2. The molecule has 0 aliphatic heterocycles. The molecule has 20 aliphatic rings. The standard InChI is InChI=1S/C32H45NO3.C31H43NO3.C31H44O3S.C30H43NO2.CH4/c1-19(2)27(36)33-29(5)13-11-28(4)12-15-31(7)24-10-9-21-20(3)26(35)23(34)17-22(21)30(24,6)14-16-32(31,8)25(28)18-29;1-8-25(34)32-28(4)13-11-27(3)12-15-30(6)23-10-9-20-19(2)26(35)22(33)17-21(20)29(23,5)14-16-31(30,7)24(27)18-28;1-20-21-9-10-24-29(4,22(21)17-23(32)26(20)33)14-16-31(6)25-18-27(2,19-35(7,8)34)11-12-28(25,3)13-15-30(24,31)5;1-19-20-9-10-23-28(4,21(20)17-22(32)25(19)33)14-16-30(6)24-18-27(3,31(7)8)13-11-26(24,2)12-15-29(23,30)5;/h9-10,17,19,25,35H,11-16,18H2,1-8H3,(H,33,36);9-10,17,24,35H,8,11-16,18H2,1-7H3,(H,32,34);9-10,17,25,33H,7,11-16,18-19H2,1-6,8H3;9-10,17,24,33H,11-16,18H2,1-8H3;1H4/t25-,28-,29-,30+,31-,32+;24-,27-,28-,29+,30-,31+;25-,27-,28-,29+,30-,31+,35?;24-,26-,27-,28+,29-,30+;/m1111./s1. The summed E-state index contributed by atoms with van der Waals surface area (Å²) in [4.78, 5) is 78.2. The maximum atomic E-state index is 12.8. The molecule has 15 heteroatoms. The number of carbonyl (C=O) groups excluding carboxylic acids is 6. The molecule has 0 saturated heterocycles. The Morgan fingerprint density at radius 1 is 0.379 bits per heavy atom. The summed E-state index contributed by atoms with van der Waals surface area (Å²) in [6, 6.07) is 0. The van der Waals surface area contributed by atoms with Gasteiger partial charge in [0.05, 0.1) is 0 Å². The quantitative estimate of drug-likeness (QED) is 0.131. The van der Waals surface area contributed by atoms with E-state index in [9.17, 15) is 53.4 Å². The molecule has 766 valence electrons. The lowest BCUT2D eigenvalue weighted by molar-refractivity contribution is -0.162. The van der Waals surface area contributed by atoms with Crippen LogP contribution in [0.4, 0.5) is 0 Å². The lowest BCUT2D eigenvalue weighted by Crippen LogP contribution is -2.64. The highest BCUT2D eigenvalue weighted by Gasteiger charge is 2.73. The molecule has 0 aromatic heterocycles. The Balaban J connectivity index is 0.000000134. The third-order valence-electron chi connectivity index (χ3n) is 47.0. The molecule has 12 saturated carbocycles.